The van der Waals surface area contributed by atoms with Crippen molar-refractivity contribution < 1.29 is 32.0 Å². The summed E-state index contributed by atoms with van der Waals surface area (Å²) in [5, 5.41) is 3.84. The second-order valence-electron chi connectivity index (χ2n) is 10.3. The van der Waals surface area contributed by atoms with Crippen molar-refractivity contribution in [2.75, 3.05) is 10.2 Å². The summed E-state index contributed by atoms with van der Waals surface area (Å²) in [6, 6.07) is 20.6. The van der Waals surface area contributed by atoms with Gasteiger partial charge in [0.15, 0.2) is 0 Å². The van der Waals surface area contributed by atoms with Gasteiger partial charge in [0.05, 0.1) is 39.3 Å². The lowest BCUT2D eigenvalue weighted by atomic mass is 9.86. The quantitative estimate of drug-likeness (QED) is 0.234. The SMILES string of the molecule is O=C(Cn1c2c(sc1=O)[C@@H](c1ccco1)[C@@H]1C(=O)N(c3ccccc3C(F)(F)F)C(=O)[C@@H]1S2)Nc1ccc2ccccc2c1. The molecule has 0 saturated carbocycles. The molecule has 13 heteroatoms. The molecule has 44 heavy (non-hydrogen) atoms. The molecule has 1 saturated heterocycles. The summed E-state index contributed by atoms with van der Waals surface area (Å²) in [6.07, 6.45) is -3.43. The third-order valence-corrected chi connectivity index (χ3v) is 10.3. The molecule has 2 aromatic heterocycles. The first-order chi connectivity index (χ1) is 21.1. The number of alkyl halides is 3. The van der Waals surface area contributed by atoms with Crippen molar-refractivity contribution >= 4 is 63.0 Å². The largest absolute Gasteiger partial charge is 0.469 e. The van der Waals surface area contributed by atoms with Gasteiger partial charge in [0.1, 0.15) is 17.6 Å². The molecule has 222 valence electrons. The molecule has 0 aliphatic carbocycles. The van der Waals surface area contributed by atoms with E-state index in [0.29, 0.717) is 20.5 Å². The van der Waals surface area contributed by atoms with Crippen molar-refractivity contribution in [3.8, 4) is 0 Å². The Balaban J connectivity index is 1.25. The van der Waals surface area contributed by atoms with Gasteiger partial charge in [-0.25, -0.2) is 4.90 Å². The lowest BCUT2D eigenvalue weighted by Crippen LogP contribution is -2.33. The van der Waals surface area contributed by atoms with Crippen molar-refractivity contribution in [1.82, 2.24) is 4.57 Å². The predicted molar refractivity (Wildman–Crippen MR) is 159 cm³/mol. The van der Waals surface area contributed by atoms with Crippen LogP contribution in [0, 0.1) is 5.92 Å². The van der Waals surface area contributed by atoms with E-state index in [1.165, 1.54) is 23.0 Å². The average molecular weight is 636 g/mol. The van der Waals surface area contributed by atoms with Crippen molar-refractivity contribution in [1.29, 1.82) is 0 Å². The third kappa shape index (κ3) is 4.63. The van der Waals surface area contributed by atoms with Gasteiger partial charge in [0.25, 0.3) is 0 Å². The van der Waals surface area contributed by atoms with Crippen LogP contribution in [-0.2, 0) is 27.1 Å². The van der Waals surface area contributed by atoms with Gasteiger partial charge in [-0.1, -0.05) is 65.6 Å². The number of furan rings is 1. The number of para-hydroxylation sites is 1. The fraction of sp³-hybridized carbons (Fsp3) is 0.161. The van der Waals surface area contributed by atoms with Crippen LogP contribution >= 0.6 is 23.1 Å². The van der Waals surface area contributed by atoms with Crippen molar-refractivity contribution in [3.05, 3.63) is 111 Å². The fourth-order valence-electron chi connectivity index (χ4n) is 5.79. The van der Waals surface area contributed by atoms with Crippen molar-refractivity contribution in [2.45, 2.75) is 28.9 Å². The van der Waals surface area contributed by atoms with Gasteiger partial charge in [-0.3, -0.25) is 23.7 Å². The Morgan fingerprint density at radius 3 is 2.41 bits per heavy atom. The Morgan fingerprint density at radius 2 is 1.66 bits per heavy atom. The lowest BCUT2D eigenvalue weighted by Gasteiger charge is -2.29. The number of anilines is 2. The summed E-state index contributed by atoms with van der Waals surface area (Å²) in [4.78, 5) is 54.5. The number of benzene rings is 3. The molecular weight excluding hydrogens is 615 g/mol. The molecule has 2 aliphatic rings. The molecule has 3 atom stereocenters. The van der Waals surface area contributed by atoms with Crippen LogP contribution in [0.25, 0.3) is 10.8 Å². The summed E-state index contributed by atoms with van der Waals surface area (Å²) in [7, 11) is 0. The normalized spacial score (nSPS) is 19.7. The highest BCUT2D eigenvalue weighted by atomic mass is 32.2. The highest BCUT2D eigenvalue weighted by molar-refractivity contribution is 8.00. The molecule has 0 radical (unpaired) electrons. The Bertz CT molecular complexity index is 2020. The van der Waals surface area contributed by atoms with Crippen LogP contribution in [0.1, 0.15) is 22.1 Å². The maximum Gasteiger partial charge on any atom is 0.418 e. The molecular formula is C31H20F3N3O5S2. The number of fused-ring (bicyclic) bond motifs is 3. The van der Waals surface area contributed by atoms with E-state index in [4.69, 9.17) is 4.42 Å². The summed E-state index contributed by atoms with van der Waals surface area (Å²) in [5.41, 5.74) is -1.14. The second kappa shape index (κ2) is 10.5. The number of nitrogens with zero attached hydrogens (tertiary/aromatic N) is 2. The summed E-state index contributed by atoms with van der Waals surface area (Å²) >= 11 is 1.72. The van der Waals surface area contributed by atoms with Crippen LogP contribution in [0.3, 0.4) is 0 Å². The van der Waals surface area contributed by atoms with Crippen LogP contribution in [0.15, 0.2) is 99.4 Å². The van der Waals surface area contributed by atoms with Crippen LogP contribution < -0.4 is 15.1 Å². The Morgan fingerprint density at radius 1 is 0.909 bits per heavy atom. The third-order valence-electron chi connectivity index (χ3n) is 7.68. The number of imide groups is 1. The van der Waals surface area contributed by atoms with E-state index in [0.717, 1.165) is 46.0 Å². The summed E-state index contributed by atoms with van der Waals surface area (Å²) in [5.74, 6) is -3.93. The van der Waals surface area contributed by atoms with Gasteiger partial charge in [0, 0.05) is 5.69 Å². The second-order valence-corrected chi connectivity index (χ2v) is 12.4. The van der Waals surface area contributed by atoms with Crippen LogP contribution in [0.4, 0.5) is 24.5 Å². The first-order valence-electron chi connectivity index (χ1n) is 13.4. The zero-order valence-electron chi connectivity index (χ0n) is 22.4. The predicted octanol–water partition coefficient (Wildman–Crippen LogP) is 6.11. The van der Waals surface area contributed by atoms with Crippen molar-refractivity contribution in [2.24, 2.45) is 5.92 Å². The Kier molecular flexibility index (Phi) is 6.74. The number of hydrogen-bond donors (Lipinski definition) is 1. The van der Waals surface area contributed by atoms with E-state index in [1.54, 1.807) is 18.2 Å². The molecule has 0 unspecified atom stereocenters. The van der Waals surface area contributed by atoms with Crippen molar-refractivity contribution in [3.63, 3.8) is 0 Å². The smallest absolute Gasteiger partial charge is 0.418 e. The number of rotatable bonds is 5. The zero-order chi connectivity index (χ0) is 30.7. The number of hydrogen-bond acceptors (Lipinski definition) is 7. The summed E-state index contributed by atoms with van der Waals surface area (Å²) in [6.45, 7) is -0.379. The number of aromatic nitrogens is 1. The van der Waals surface area contributed by atoms with E-state index in [-0.39, 0.29) is 12.3 Å². The minimum Gasteiger partial charge on any atom is -0.469 e. The van der Waals surface area contributed by atoms with Gasteiger partial charge in [-0.05, 0) is 47.2 Å². The van der Waals surface area contributed by atoms with E-state index in [2.05, 4.69) is 5.32 Å². The van der Waals surface area contributed by atoms with E-state index in [9.17, 15) is 32.3 Å². The van der Waals surface area contributed by atoms with Crippen LogP contribution in [-0.4, -0.2) is 27.5 Å². The molecule has 8 nitrogen and oxygen atoms in total. The number of thioether (sulfide) groups is 1. The molecule has 3 aromatic carbocycles. The van der Waals surface area contributed by atoms with Gasteiger partial charge in [0.2, 0.25) is 17.7 Å². The average Bonchev–Trinajstić information content (AvgIpc) is 3.69. The maximum atomic E-state index is 13.9. The number of amides is 3. The molecule has 1 N–H and O–H groups in total. The van der Waals surface area contributed by atoms with Gasteiger partial charge < -0.3 is 9.73 Å². The number of carbonyl (C=O) groups is 3. The van der Waals surface area contributed by atoms with E-state index >= 15 is 0 Å². The minimum absolute atomic E-state index is 0.280. The van der Waals surface area contributed by atoms with Crippen LogP contribution in [0.5, 0.6) is 0 Å². The van der Waals surface area contributed by atoms with Gasteiger partial charge in [-0.15, -0.1) is 0 Å². The monoisotopic (exact) mass is 635 g/mol. The molecule has 5 aromatic rings. The number of nitrogens with one attached hydrogen (secondary N) is 1. The Labute approximate surface area is 255 Å². The molecule has 4 heterocycles. The molecule has 3 amide bonds. The first kappa shape index (κ1) is 28.2. The van der Waals surface area contributed by atoms with E-state index < -0.39 is 57.1 Å². The fourth-order valence-corrected chi connectivity index (χ4v) is 8.54. The summed E-state index contributed by atoms with van der Waals surface area (Å²) < 4.78 is 48.6. The number of carbonyl (C=O) groups excluding carboxylic acids is 3. The molecule has 0 spiro atoms. The zero-order valence-corrected chi connectivity index (χ0v) is 24.0. The van der Waals surface area contributed by atoms with Gasteiger partial charge >= 0.3 is 11.0 Å². The molecule has 2 aliphatic heterocycles. The van der Waals surface area contributed by atoms with E-state index in [1.807, 2.05) is 36.4 Å². The topological polar surface area (TPSA) is 102 Å². The number of thiazole rings is 1. The molecule has 0 bridgehead atoms. The standard InChI is InChI=1S/C31H20F3N3O5S2/c32-31(33,34)19-8-3-4-9-20(19)37-27(39)24-23(21-10-5-13-42-21)26-29(43-25(24)28(37)40)36(30(41)44-26)15-22(38)35-18-12-11-16-6-1-2-7-17(16)14-18/h1-14,23-25H,15H2,(H,35,38)/t23-,24-,25+/m0/s1. The highest BCUT2D eigenvalue weighted by Gasteiger charge is 2.58. The maximum absolute atomic E-state index is 13.9. The number of halogens is 3. The molecule has 1 fully saturated rings. The molecule has 7 rings (SSSR count). The minimum atomic E-state index is -4.81. The van der Waals surface area contributed by atoms with Crippen LogP contribution in [0.2, 0.25) is 0 Å². The lowest BCUT2D eigenvalue weighted by molar-refractivity contribution is -0.137. The van der Waals surface area contributed by atoms with Gasteiger partial charge in [-0.2, -0.15) is 13.2 Å². The Hall–Kier alpha value is -4.62. The first-order valence-corrected chi connectivity index (χ1v) is 15.1. The highest BCUT2D eigenvalue weighted by Crippen LogP contribution is 2.54.